The maximum Gasteiger partial charge on any atom is 0.472 e. The number of unbranched alkanes of at least 4 members (excludes halogenated alkanes) is 34. The normalized spacial score (nSPS) is 13.6. The topological polar surface area (TPSA) is 149 Å². The molecule has 0 bridgehead atoms. The summed E-state index contributed by atoms with van der Waals surface area (Å²) in [6.07, 6.45) is 43.6. The van der Waals surface area contributed by atoms with E-state index in [0.717, 1.165) is 32.1 Å². The van der Waals surface area contributed by atoms with Gasteiger partial charge >= 0.3 is 19.8 Å². The summed E-state index contributed by atoms with van der Waals surface area (Å²) in [7, 11) is -4.61. The molecule has 0 aliphatic heterocycles. The lowest BCUT2D eigenvalue weighted by atomic mass is 10.0. The maximum atomic E-state index is 12.6. The minimum atomic E-state index is -4.61. The van der Waals surface area contributed by atoms with Crippen LogP contribution in [-0.4, -0.2) is 65.7 Å². The first-order valence-corrected chi connectivity index (χ1v) is 26.5. The number of aliphatic hydroxyl groups excluding tert-OH is 2. The number of rotatable bonds is 48. The highest BCUT2D eigenvalue weighted by molar-refractivity contribution is 7.47. The Morgan fingerprint density at radius 1 is 0.441 bits per heavy atom. The van der Waals surface area contributed by atoms with E-state index in [0.29, 0.717) is 12.8 Å². The van der Waals surface area contributed by atoms with Crippen molar-refractivity contribution in [2.45, 2.75) is 270 Å². The van der Waals surface area contributed by atoms with Gasteiger partial charge in [-0.05, 0) is 12.8 Å². The Labute approximate surface area is 363 Å². The molecule has 0 fully saturated rings. The van der Waals surface area contributed by atoms with Crippen molar-refractivity contribution in [3.05, 3.63) is 0 Å². The molecule has 1 unspecified atom stereocenters. The van der Waals surface area contributed by atoms with Crippen LogP contribution in [0.5, 0.6) is 0 Å². The third-order valence-electron chi connectivity index (χ3n) is 11.3. The molecule has 3 N–H and O–H groups in total. The van der Waals surface area contributed by atoms with Crippen molar-refractivity contribution in [3.8, 4) is 0 Å². The van der Waals surface area contributed by atoms with Crippen LogP contribution in [0.2, 0.25) is 0 Å². The van der Waals surface area contributed by atoms with Crippen LogP contribution in [0.3, 0.4) is 0 Å². The van der Waals surface area contributed by atoms with E-state index < -0.39 is 51.8 Å². The van der Waals surface area contributed by atoms with Crippen molar-refractivity contribution in [3.63, 3.8) is 0 Å². The summed E-state index contributed by atoms with van der Waals surface area (Å²) in [5.74, 6) is -0.905. The van der Waals surface area contributed by atoms with Gasteiger partial charge in [0.05, 0.1) is 19.8 Å². The second kappa shape index (κ2) is 45.0. The third kappa shape index (κ3) is 44.8. The molecule has 0 heterocycles. The van der Waals surface area contributed by atoms with Gasteiger partial charge in [0.25, 0.3) is 0 Å². The molecule has 0 amide bonds. The zero-order valence-corrected chi connectivity index (χ0v) is 39.4. The number of phosphoric acid groups is 1. The first-order valence-electron chi connectivity index (χ1n) is 25.0. The summed E-state index contributed by atoms with van der Waals surface area (Å²) in [5.41, 5.74) is 0. The highest BCUT2D eigenvalue weighted by atomic mass is 31.2. The Kier molecular flexibility index (Phi) is 44.2. The standard InChI is InChI=1S/C48H95O10P/c1-3-5-7-9-11-13-15-17-18-19-20-21-22-23-24-25-26-28-29-31-33-35-37-39-47(51)55-43-46(44-57-59(53,54)56-42-45(50)41-49)58-48(52)40-38-36-34-32-30-27-16-14-12-10-8-6-4-2/h45-46,49-50H,3-44H2,1-2H3,(H,53,54)/t45-,46+/m1/s1. The van der Waals surface area contributed by atoms with Crippen LogP contribution >= 0.6 is 7.82 Å². The lowest BCUT2D eigenvalue weighted by Gasteiger charge is -2.20. The molecule has 11 heteroatoms. The van der Waals surface area contributed by atoms with Crippen LogP contribution in [0.4, 0.5) is 0 Å². The number of phosphoric ester groups is 1. The second-order valence-corrected chi connectivity index (χ2v) is 18.7. The Hall–Kier alpha value is -1.03. The van der Waals surface area contributed by atoms with Crippen molar-refractivity contribution in [1.82, 2.24) is 0 Å². The van der Waals surface area contributed by atoms with Crippen molar-refractivity contribution in [2.24, 2.45) is 0 Å². The molecule has 3 atom stereocenters. The largest absolute Gasteiger partial charge is 0.472 e. The third-order valence-corrected chi connectivity index (χ3v) is 12.2. The summed E-state index contributed by atoms with van der Waals surface area (Å²) in [4.78, 5) is 35.1. The predicted molar refractivity (Wildman–Crippen MR) is 242 cm³/mol. The predicted octanol–water partition coefficient (Wildman–Crippen LogP) is 13.8. The van der Waals surface area contributed by atoms with E-state index in [1.165, 1.54) is 186 Å². The molecule has 0 aromatic rings. The Morgan fingerprint density at radius 2 is 0.729 bits per heavy atom. The SMILES string of the molecule is CCCCCCCCCCCCCCCCCCCCCCCCCC(=O)OC[C@@H](COP(=O)(O)OC[C@H](O)CO)OC(=O)CCCCCCCCCCCCCCC. The fraction of sp³-hybridized carbons (Fsp3) is 0.958. The number of carbonyl (C=O) groups excluding carboxylic acids is 2. The number of hydrogen-bond donors (Lipinski definition) is 3. The van der Waals surface area contributed by atoms with E-state index in [-0.39, 0.29) is 19.4 Å². The van der Waals surface area contributed by atoms with Gasteiger partial charge in [-0.1, -0.05) is 232 Å². The Morgan fingerprint density at radius 3 is 1.05 bits per heavy atom. The zero-order valence-electron chi connectivity index (χ0n) is 38.5. The lowest BCUT2D eigenvalue weighted by Crippen LogP contribution is -2.29. The monoisotopic (exact) mass is 863 g/mol. The highest BCUT2D eigenvalue weighted by Gasteiger charge is 2.27. The number of esters is 2. The molecule has 10 nitrogen and oxygen atoms in total. The summed E-state index contributed by atoms with van der Waals surface area (Å²) in [6, 6.07) is 0. The summed E-state index contributed by atoms with van der Waals surface area (Å²) >= 11 is 0. The van der Waals surface area contributed by atoms with Gasteiger partial charge in [-0.2, -0.15) is 0 Å². The fourth-order valence-corrected chi connectivity index (χ4v) is 8.20. The molecule has 0 aliphatic carbocycles. The lowest BCUT2D eigenvalue weighted by molar-refractivity contribution is -0.161. The summed E-state index contributed by atoms with van der Waals surface area (Å²) < 4.78 is 32.8. The fourth-order valence-electron chi connectivity index (χ4n) is 7.41. The molecular formula is C48H95O10P. The minimum absolute atomic E-state index is 0.192. The van der Waals surface area contributed by atoms with Crippen LogP contribution < -0.4 is 0 Å². The first-order chi connectivity index (χ1) is 28.7. The minimum Gasteiger partial charge on any atom is -0.462 e. The second-order valence-electron chi connectivity index (χ2n) is 17.2. The van der Waals surface area contributed by atoms with Crippen LogP contribution in [0.1, 0.15) is 258 Å². The van der Waals surface area contributed by atoms with E-state index >= 15 is 0 Å². The number of ether oxygens (including phenoxy) is 2. The molecule has 0 aromatic carbocycles. The van der Waals surface area contributed by atoms with Gasteiger partial charge in [-0.25, -0.2) is 4.57 Å². The Balaban J connectivity index is 4.07. The van der Waals surface area contributed by atoms with Gasteiger partial charge in [0.2, 0.25) is 0 Å². The molecular weight excluding hydrogens is 767 g/mol. The molecule has 0 spiro atoms. The van der Waals surface area contributed by atoms with Gasteiger partial charge in [-0.15, -0.1) is 0 Å². The average Bonchev–Trinajstić information content (AvgIpc) is 3.22. The quantitative estimate of drug-likeness (QED) is 0.0306. The van der Waals surface area contributed by atoms with Crippen molar-refractivity contribution in [1.29, 1.82) is 0 Å². The van der Waals surface area contributed by atoms with Gasteiger partial charge in [-0.3, -0.25) is 18.6 Å². The maximum absolute atomic E-state index is 12.6. The zero-order chi connectivity index (χ0) is 43.3. The van der Waals surface area contributed by atoms with E-state index in [2.05, 4.69) is 13.8 Å². The van der Waals surface area contributed by atoms with Crippen LogP contribution in [0, 0.1) is 0 Å². The highest BCUT2D eigenvalue weighted by Crippen LogP contribution is 2.43. The molecule has 59 heavy (non-hydrogen) atoms. The molecule has 0 rings (SSSR count). The first kappa shape index (κ1) is 58.0. The number of aliphatic hydroxyl groups is 2. The average molecular weight is 863 g/mol. The number of carbonyl (C=O) groups is 2. The van der Waals surface area contributed by atoms with Crippen LogP contribution in [-0.2, 0) is 32.7 Å². The van der Waals surface area contributed by atoms with Gasteiger partial charge < -0.3 is 24.6 Å². The van der Waals surface area contributed by atoms with E-state index in [9.17, 15) is 24.2 Å². The molecule has 0 saturated carbocycles. The van der Waals surface area contributed by atoms with Gasteiger partial charge in [0.1, 0.15) is 12.7 Å². The van der Waals surface area contributed by atoms with Crippen LogP contribution in [0.15, 0.2) is 0 Å². The number of hydrogen-bond acceptors (Lipinski definition) is 9. The van der Waals surface area contributed by atoms with Crippen molar-refractivity contribution < 1.29 is 47.8 Å². The van der Waals surface area contributed by atoms with Gasteiger partial charge in [0, 0.05) is 12.8 Å². The van der Waals surface area contributed by atoms with Gasteiger partial charge in [0.15, 0.2) is 6.10 Å². The van der Waals surface area contributed by atoms with E-state index in [4.69, 9.17) is 23.6 Å². The van der Waals surface area contributed by atoms with Crippen molar-refractivity contribution in [2.75, 3.05) is 26.4 Å². The smallest absolute Gasteiger partial charge is 0.462 e. The molecule has 0 radical (unpaired) electrons. The van der Waals surface area contributed by atoms with E-state index in [1.54, 1.807) is 0 Å². The van der Waals surface area contributed by atoms with Crippen molar-refractivity contribution >= 4 is 19.8 Å². The molecule has 0 aliphatic rings. The summed E-state index contributed by atoms with van der Waals surface area (Å²) in [5, 5.41) is 18.4. The molecule has 352 valence electrons. The molecule has 0 saturated heterocycles. The van der Waals surface area contributed by atoms with E-state index in [1.807, 2.05) is 0 Å². The Bertz CT molecular complexity index is 951. The summed E-state index contributed by atoms with van der Waals surface area (Å²) in [6.45, 7) is 2.44. The van der Waals surface area contributed by atoms with Crippen LogP contribution in [0.25, 0.3) is 0 Å². The molecule has 0 aromatic heterocycles.